The van der Waals surface area contributed by atoms with E-state index in [2.05, 4.69) is 22.3 Å². The van der Waals surface area contributed by atoms with Crippen LogP contribution in [-0.4, -0.2) is 55.7 Å². The molecule has 3 aliphatic rings. The number of likely N-dealkylation sites (tertiary alicyclic amines) is 1. The molecule has 5 heteroatoms. The largest absolute Gasteiger partial charge is 0.380 e. The molecule has 1 aliphatic carbocycles. The van der Waals surface area contributed by atoms with Crippen LogP contribution in [0.1, 0.15) is 48.0 Å². The van der Waals surface area contributed by atoms with E-state index in [0.717, 1.165) is 12.0 Å². The summed E-state index contributed by atoms with van der Waals surface area (Å²) in [5.41, 5.74) is 8.47. The molecule has 2 heterocycles. The van der Waals surface area contributed by atoms with E-state index in [4.69, 9.17) is 10.5 Å². The van der Waals surface area contributed by atoms with Gasteiger partial charge in [-0.25, -0.2) is 0 Å². The van der Waals surface area contributed by atoms with Crippen molar-refractivity contribution in [1.82, 2.24) is 10.2 Å². The summed E-state index contributed by atoms with van der Waals surface area (Å²) < 4.78 is 5.33. The van der Waals surface area contributed by atoms with Crippen molar-refractivity contribution in [2.24, 2.45) is 5.73 Å². The molecule has 2 aliphatic heterocycles. The summed E-state index contributed by atoms with van der Waals surface area (Å²) >= 11 is 0. The summed E-state index contributed by atoms with van der Waals surface area (Å²) in [7, 11) is 0. The number of ether oxygens (including phenoxy) is 1. The van der Waals surface area contributed by atoms with Crippen molar-refractivity contribution in [3.05, 3.63) is 35.4 Å². The van der Waals surface area contributed by atoms with E-state index < -0.39 is 0 Å². The maximum Gasteiger partial charge on any atom is 0.251 e. The van der Waals surface area contributed by atoms with E-state index in [-0.39, 0.29) is 18.0 Å². The molecule has 1 aromatic rings. The van der Waals surface area contributed by atoms with Crippen LogP contribution >= 0.6 is 0 Å². The summed E-state index contributed by atoms with van der Waals surface area (Å²) in [5, 5.41) is 3.07. The maximum absolute atomic E-state index is 12.5. The van der Waals surface area contributed by atoms with Gasteiger partial charge in [0.15, 0.2) is 0 Å². The van der Waals surface area contributed by atoms with Crippen LogP contribution in [-0.2, 0) is 10.2 Å². The van der Waals surface area contributed by atoms with Gasteiger partial charge in [-0.2, -0.15) is 0 Å². The van der Waals surface area contributed by atoms with Crippen LogP contribution in [0.25, 0.3) is 0 Å². The average molecular weight is 343 g/mol. The van der Waals surface area contributed by atoms with Crippen molar-refractivity contribution in [2.75, 3.05) is 32.8 Å². The smallest absolute Gasteiger partial charge is 0.251 e. The fraction of sp³-hybridized carbons (Fsp3) is 0.650. The molecule has 25 heavy (non-hydrogen) atoms. The Balaban J connectivity index is 1.38. The van der Waals surface area contributed by atoms with Gasteiger partial charge in [0, 0.05) is 36.2 Å². The van der Waals surface area contributed by atoms with Gasteiger partial charge >= 0.3 is 0 Å². The quantitative estimate of drug-likeness (QED) is 0.853. The lowest BCUT2D eigenvalue weighted by molar-refractivity contribution is 0.0573. The number of amides is 1. The van der Waals surface area contributed by atoms with E-state index in [1.807, 2.05) is 12.1 Å². The second kappa shape index (κ2) is 7.06. The molecule has 3 N–H and O–H groups in total. The van der Waals surface area contributed by atoms with Crippen LogP contribution in [0.5, 0.6) is 0 Å². The SMILES string of the molecule is NC1COCCC1NC(=O)c1ccc(C2(CN3CCCC3)CC2)cc1. The van der Waals surface area contributed by atoms with Crippen LogP contribution in [0.3, 0.4) is 0 Å². The fourth-order valence-electron chi connectivity index (χ4n) is 4.22. The molecule has 5 nitrogen and oxygen atoms in total. The van der Waals surface area contributed by atoms with Crippen molar-refractivity contribution >= 4 is 5.91 Å². The standard InChI is InChI=1S/C20H29N3O2/c21-17-13-25-12-7-18(17)22-19(24)15-3-5-16(6-4-15)20(8-9-20)14-23-10-1-2-11-23/h3-6,17-18H,1-2,7-14,21H2,(H,22,24). The van der Waals surface area contributed by atoms with Crippen molar-refractivity contribution in [2.45, 2.75) is 49.6 Å². The third kappa shape index (κ3) is 3.73. The highest BCUT2D eigenvalue weighted by atomic mass is 16.5. The first-order chi connectivity index (χ1) is 12.2. The fourth-order valence-corrected chi connectivity index (χ4v) is 4.22. The lowest BCUT2D eigenvalue weighted by Crippen LogP contribution is -2.53. The molecule has 1 amide bonds. The Morgan fingerprint density at radius 3 is 2.60 bits per heavy atom. The van der Waals surface area contributed by atoms with Crippen molar-refractivity contribution in [3.63, 3.8) is 0 Å². The number of hydrogen-bond acceptors (Lipinski definition) is 4. The molecule has 1 saturated carbocycles. The molecule has 0 spiro atoms. The summed E-state index contributed by atoms with van der Waals surface area (Å²) in [6.45, 7) is 4.84. The van der Waals surface area contributed by atoms with E-state index in [0.29, 0.717) is 18.6 Å². The van der Waals surface area contributed by atoms with Gasteiger partial charge in [-0.05, 0) is 62.9 Å². The normalized spacial score (nSPS) is 28.7. The van der Waals surface area contributed by atoms with Crippen molar-refractivity contribution in [1.29, 1.82) is 0 Å². The Morgan fingerprint density at radius 2 is 1.96 bits per heavy atom. The highest BCUT2D eigenvalue weighted by Gasteiger charge is 2.45. The first-order valence-electron chi connectivity index (χ1n) is 9.63. The summed E-state index contributed by atoms with van der Waals surface area (Å²) in [6, 6.07) is 8.14. The molecule has 2 atom stereocenters. The first kappa shape index (κ1) is 17.0. The third-order valence-electron chi connectivity index (χ3n) is 6.05. The summed E-state index contributed by atoms with van der Waals surface area (Å²) in [4.78, 5) is 15.1. The minimum absolute atomic E-state index is 0.00543. The highest BCUT2D eigenvalue weighted by Crippen LogP contribution is 2.49. The van der Waals surface area contributed by atoms with Crippen LogP contribution in [0.2, 0.25) is 0 Å². The van der Waals surface area contributed by atoms with E-state index in [1.165, 1.54) is 50.9 Å². The summed E-state index contributed by atoms with van der Waals surface area (Å²) in [5.74, 6) is -0.0294. The number of nitrogens with two attached hydrogens (primary N) is 1. The first-order valence-corrected chi connectivity index (χ1v) is 9.63. The molecular formula is C20H29N3O2. The molecule has 1 aromatic carbocycles. The lowest BCUT2D eigenvalue weighted by Gasteiger charge is -2.29. The minimum Gasteiger partial charge on any atom is -0.380 e. The number of nitrogens with zero attached hydrogens (tertiary/aromatic N) is 1. The van der Waals surface area contributed by atoms with Gasteiger partial charge in [0.2, 0.25) is 0 Å². The Bertz CT molecular complexity index is 606. The van der Waals surface area contributed by atoms with E-state index in [1.54, 1.807) is 0 Å². The van der Waals surface area contributed by atoms with E-state index in [9.17, 15) is 4.79 Å². The molecule has 3 fully saturated rings. The van der Waals surface area contributed by atoms with Crippen LogP contribution in [0.15, 0.2) is 24.3 Å². The number of hydrogen-bond donors (Lipinski definition) is 2. The molecule has 0 radical (unpaired) electrons. The van der Waals surface area contributed by atoms with Gasteiger partial charge < -0.3 is 20.7 Å². The number of carbonyl (C=O) groups is 1. The predicted octanol–water partition coefficient (Wildman–Crippen LogP) is 1.66. The zero-order valence-corrected chi connectivity index (χ0v) is 14.9. The second-order valence-electron chi connectivity index (χ2n) is 7.95. The Morgan fingerprint density at radius 1 is 1.24 bits per heavy atom. The molecule has 0 aromatic heterocycles. The number of carbonyl (C=O) groups excluding carboxylic acids is 1. The van der Waals surface area contributed by atoms with Gasteiger partial charge in [0.25, 0.3) is 5.91 Å². The van der Waals surface area contributed by atoms with Crippen LogP contribution < -0.4 is 11.1 Å². The third-order valence-corrected chi connectivity index (χ3v) is 6.05. The minimum atomic E-state index is -0.118. The molecule has 2 saturated heterocycles. The maximum atomic E-state index is 12.5. The van der Waals surface area contributed by atoms with Gasteiger partial charge in [0.1, 0.15) is 0 Å². The van der Waals surface area contributed by atoms with Crippen LogP contribution in [0, 0.1) is 0 Å². The molecule has 4 rings (SSSR count). The zero-order valence-electron chi connectivity index (χ0n) is 14.9. The molecule has 0 bridgehead atoms. The topological polar surface area (TPSA) is 67.6 Å². The Kier molecular flexibility index (Phi) is 4.80. The summed E-state index contributed by atoms with van der Waals surface area (Å²) in [6.07, 6.45) is 5.99. The Hall–Kier alpha value is -1.43. The average Bonchev–Trinajstić information content (AvgIpc) is 3.23. The molecule has 136 valence electrons. The van der Waals surface area contributed by atoms with Crippen molar-refractivity contribution in [3.8, 4) is 0 Å². The number of rotatable bonds is 5. The monoisotopic (exact) mass is 343 g/mol. The van der Waals surface area contributed by atoms with Gasteiger partial charge in [0.05, 0.1) is 6.61 Å². The van der Waals surface area contributed by atoms with Gasteiger partial charge in [-0.15, -0.1) is 0 Å². The molecular weight excluding hydrogens is 314 g/mol. The number of nitrogens with one attached hydrogen (secondary N) is 1. The lowest BCUT2D eigenvalue weighted by atomic mass is 9.94. The Labute approximate surface area is 149 Å². The zero-order chi connectivity index (χ0) is 17.3. The highest BCUT2D eigenvalue weighted by molar-refractivity contribution is 5.94. The van der Waals surface area contributed by atoms with Crippen molar-refractivity contribution < 1.29 is 9.53 Å². The molecule has 2 unspecified atom stereocenters. The number of benzene rings is 1. The van der Waals surface area contributed by atoms with Crippen LogP contribution in [0.4, 0.5) is 0 Å². The van der Waals surface area contributed by atoms with E-state index >= 15 is 0 Å². The second-order valence-corrected chi connectivity index (χ2v) is 7.95. The van der Waals surface area contributed by atoms with Gasteiger partial charge in [-0.3, -0.25) is 4.79 Å². The predicted molar refractivity (Wildman–Crippen MR) is 97.7 cm³/mol. The van der Waals surface area contributed by atoms with Gasteiger partial charge in [-0.1, -0.05) is 12.1 Å².